The van der Waals surface area contributed by atoms with Crippen molar-refractivity contribution in [3.05, 3.63) is 35.0 Å². The van der Waals surface area contributed by atoms with Gasteiger partial charge in [0.1, 0.15) is 5.58 Å². The molecule has 0 bridgehead atoms. The van der Waals surface area contributed by atoms with E-state index in [2.05, 4.69) is 10.2 Å². The fourth-order valence-electron chi connectivity index (χ4n) is 2.29. The zero-order valence-electron chi connectivity index (χ0n) is 9.58. The molecule has 4 heteroatoms. The summed E-state index contributed by atoms with van der Waals surface area (Å²) in [5.41, 5.74) is 2.14. The number of furan rings is 1. The van der Waals surface area contributed by atoms with Crippen LogP contribution in [0.1, 0.15) is 5.56 Å². The number of piperazine rings is 1. The molecular weight excluding hydrogens is 236 g/mol. The van der Waals surface area contributed by atoms with Crippen molar-refractivity contribution >= 4 is 22.6 Å². The minimum Gasteiger partial charge on any atom is -0.464 e. The Morgan fingerprint density at radius 3 is 2.94 bits per heavy atom. The van der Waals surface area contributed by atoms with Gasteiger partial charge < -0.3 is 9.73 Å². The Morgan fingerprint density at radius 2 is 2.12 bits per heavy atom. The molecule has 90 valence electrons. The van der Waals surface area contributed by atoms with Crippen LogP contribution in [0.5, 0.6) is 0 Å². The predicted molar refractivity (Wildman–Crippen MR) is 69.4 cm³/mol. The first-order chi connectivity index (χ1) is 8.33. The highest BCUT2D eigenvalue weighted by molar-refractivity contribution is 6.31. The summed E-state index contributed by atoms with van der Waals surface area (Å²) in [5, 5.41) is 5.25. The lowest BCUT2D eigenvalue weighted by Crippen LogP contribution is -2.42. The van der Waals surface area contributed by atoms with E-state index in [4.69, 9.17) is 16.0 Å². The van der Waals surface area contributed by atoms with E-state index in [0.717, 1.165) is 48.7 Å². The number of halogens is 1. The minimum atomic E-state index is 0.764. The minimum absolute atomic E-state index is 0.764. The van der Waals surface area contributed by atoms with Crippen LogP contribution in [0.3, 0.4) is 0 Å². The van der Waals surface area contributed by atoms with Crippen LogP contribution < -0.4 is 5.32 Å². The molecule has 1 aromatic carbocycles. The van der Waals surface area contributed by atoms with E-state index in [1.54, 1.807) is 0 Å². The van der Waals surface area contributed by atoms with Gasteiger partial charge in [-0.15, -0.1) is 0 Å². The topological polar surface area (TPSA) is 28.4 Å². The van der Waals surface area contributed by atoms with Crippen LogP contribution in [0.25, 0.3) is 11.0 Å². The highest BCUT2D eigenvalue weighted by Gasteiger charge is 2.13. The molecule has 1 aliphatic heterocycles. The number of nitrogens with one attached hydrogen (secondary N) is 1. The second kappa shape index (κ2) is 4.69. The van der Waals surface area contributed by atoms with Crippen LogP contribution in [-0.2, 0) is 6.54 Å². The van der Waals surface area contributed by atoms with E-state index in [0.29, 0.717) is 0 Å². The van der Waals surface area contributed by atoms with Crippen molar-refractivity contribution in [2.45, 2.75) is 6.54 Å². The Balaban J connectivity index is 1.86. The van der Waals surface area contributed by atoms with E-state index in [1.807, 2.05) is 24.5 Å². The average Bonchev–Trinajstić information content (AvgIpc) is 2.73. The summed E-state index contributed by atoms with van der Waals surface area (Å²) in [6, 6.07) is 5.78. The predicted octanol–water partition coefficient (Wildman–Crippen LogP) is 2.49. The first kappa shape index (κ1) is 11.1. The molecule has 3 rings (SSSR count). The van der Waals surface area contributed by atoms with Crippen molar-refractivity contribution in [3.63, 3.8) is 0 Å². The molecule has 0 saturated carbocycles. The average molecular weight is 251 g/mol. The molecule has 0 unspecified atom stereocenters. The van der Waals surface area contributed by atoms with Crippen molar-refractivity contribution in [2.24, 2.45) is 0 Å². The molecule has 0 radical (unpaired) electrons. The number of benzene rings is 1. The van der Waals surface area contributed by atoms with Crippen LogP contribution >= 0.6 is 11.6 Å². The van der Waals surface area contributed by atoms with Gasteiger partial charge >= 0.3 is 0 Å². The third kappa shape index (κ3) is 2.32. The lowest BCUT2D eigenvalue weighted by atomic mass is 10.1. The molecule has 0 aliphatic carbocycles. The molecular formula is C13H15ClN2O. The lowest BCUT2D eigenvalue weighted by Gasteiger charge is -2.26. The quantitative estimate of drug-likeness (QED) is 0.888. The van der Waals surface area contributed by atoms with Crippen LogP contribution in [-0.4, -0.2) is 31.1 Å². The first-order valence-electron chi connectivity index (χ1n) is 5.91. The molecule has 3 nitrogen and oxygen atoms in total. The molecule has 0 amide bonds. The third-order valence-corrected chi connectivity index (χ3v) is 3.45. The maximum absolute atomic E-state index is 6.03. The Morgan fingerprint density at radius 1 is 1.29 bits per heavy atom. The van der Waals surface area contributed by atoms with Gasteiger partial charge in [0.25, 0.3) is 0 Å². The van der Waals surface area contributed by atoms with Crippen LogP contribution in [0.15, 0.2) is 28.9 Å². The van der Waals surface area contributed by atoms with Crippen molar-refractivity contribution in [1.82, 2.24) is 10.2 Å². The lowest BCUT2D eigenvalue weighted by molar-refractivity contribution is 0.233. The summed E-state index contributed by atoms with van der Waals surface area (Å²) in [6.07, 6.45) is 1.85. The molecule has 2 aromatic rings. The van der Waals surface area contributed by atoms with Gasteiger partial charge in [0.2, 0.25) is 0 Å². The summed E-state index contributed by atoms with van der Waals surface area (Å²) in [6.45, 7) is 5.25. The molecule has 1 fully saturated rings. The van der Waals surface area contributed by atoms with Crippen molar-refractivity contribution in [2.75, 3.05) is 26.2 Å². The number of hydrogen-bond donors (Lipinski definition) is 1. The smallest absolute Gasteiger partial charge is 0.134 e. The van der Waals surface area contributed by atoms with Crippen molar-refractivity contribution in [3.8, 4) is 0 Å². The largest absolute Gasteiger partial charge is 0.464 e. The maximum atomic E-state index is 6.03. The molecule has 1 aliphatic rings. The van der Waals surface area contributed by atoms with Gasteiger partial charge in [-0.1, -0.05) is 11.6 Å². The molecule has 0 spiro atoms. The van der Waals surface area contributed by atoms with Gasteiger partial charge in [-0.2, -0.15) is 0 Å². The molecule has 1 saturated heterocycles. The Kier molecular flexibility index (Phi) is 3.05. The summed E-state index contributed by atoms with van der Waals surface area (Å²) >= 11 is 6.03. The van der Waals surface area contributed by atoms with Gasteiger partial charge in [-0.05, 0) is 18.2 Å². The fraction of sp³-hybridized carbons (Fsp3) is 0.385. The number of hydrogen-bond acceptors (Lipinski definition) is 3. The summed E-state index contributed by atoms with van der Waals surface area (Å²) in [7, 11) is 0. The number of rotatable bonds is 2. The second-order valence-electron chi connectivity index (χ2n) is 4.43. The zero-order chi connectivity index (χ0) is 11.7. The second-order valence-corrected chi connectivity index (χ2v) is 4.86. The monoisotopic (exact) mass is 250 g/mol. The molecule has 0 atom stereocenters. The van der Waals surface area contributed by atoms with Crippen LogP contribution in [0.2, 0.25) is 5.02 Å². The molecule has 17 heavy (non-hydrogen) atoms. The van der Waals surface area contributed by atoms with E-state index in [-0.39, 0.29) is 0 Å². The summed E-state index contributed by atoms with van der Waals surface area (Å²) in [4.78, 5) is 2.43. The normalized spacial score (nSPS) is 17.7. The number of fused-ring (bicyclic) bond motifs is 1. The van der Waals surface area contributed by atoms with Gasteiger partial charge in [0, 0.05) is 48.7 Å². The van der Waals surface area contributed by atoms with E-state index >= 15 is 0 Å². The van der Waals surface area contributed by atoms with Gasteiger partial charge in [0.05, 0.1) is 6.26 Å². The number of nitrogens with zero attached hydrogens (tertiary/aromatic N) is 1. The van der Waals surface area contributed by atoms with E-state index in [1.165, 1.54) is 5.56 Å². The summed E-state index contributed by atoms with van der Waals surface area (Å²) in [5.74, 6) is 0. The summed E-state index contributed by atoms with van der Waals surface area (Å²) < 4.78 is 5.54. The Bertz CT molecular complexity index is 517. The zero-order valence-corrected chi connectivity index (χ0v) is 10.3. The highest BCUT2D eigenvalue weighted by atomic mass is 35.5. The Labute approximate surface area is 105 Å². The van der Waals surface area contributed by atoms with Gasteiger partial charge in [-0.3, -0.25) is 4.90 Å². The molecule has 1 aromatic heterocycles. The van der Waals surface area contributed by atoms with Crippen LogP contribution in [0, 0.1) is 0 Å². The molecule has 2 heterocycles. The van der Waals surface area contributed by atoms with Crippen molar-refractivity contribution < 1.29 is 4.42 Å². The van der Waals surface area contributed by atoms with E-state index in [9.17, 15) is 0 Å². The Hall–Kier alpha value is -1.03. The van der Waals surface area contributed by atoms with Crippen LogP contribution in [0.4, 0.5) is 0 Å². The highest BCUT2D eigenvalue weighted by Crippen LogP contribution is 2.25. The molecule has 1 N–H and O–H groups in total. The van der Waals surface area contributed by atoms with Gasteiger partial charge in [0.15, 0.2) is 0 Å². The van der Waals surface area contributed by atoms with E-state index < -0.39 is 0 Å². The SMILES string of the molecule is Clc1ccc2occ(CN3CCNCC3)c2c1. The maximum Gasteiger partial charge on any atom is 0.134 e. The first-order valence-corrected chi connectivity index (χ1v) is 6.29. The third-order valence-electron chi connectivity index (χ3n) is 3.22. The fourth-order valence-corrected chi connectivity index (χ4v) is 2.46. The van der Waals surface area contributed by atoms with Gasteiger partial charge in [-0.25, -0.2) is 0 Å². The standard InChI is InChI=1S/C13H15ClN2O/c14-11-1-2-13-12(7-11)10(9-17-13)8-16-5-3-15-4-6-16/h1-2,7,9,15H,3-6,8H2. The van der Waals surface area contributed by atoms with Crippen molar-refractivity contribution in [1.29, 1.82) is 0 Å².